The average molecular weight is 511 g/mol. The molecule has 1 aromatic heterocycles. The standard InChI is InChI=1S/C30H26N2O2S2/c1-2-6-21-15-19(9-10-20(21)5-1)18-34-28-17-23-22(24-11-12-25(23)31-24)16-27(28)33-13-14-35-30-32-26-7-3-4-8-29(26)36-30/h1-10,15-17,24-25,31H,11-14,18H2/t24-,25+/m0/s1. The molecule has 4 nitrogen and oxygen atoms in total. The van der Waals surface area contributed by atoms with E-state index in [-0.39, 0.29) is 0 Å². The molecule has 1 N–H and O–H groups in total. The van der Waals surface area contributed by atoms with Gasteiger partial charge in [0, 0.05) is 17.8 Å². The molecule has 2 bridgehead atoms. The van der Waals surface area contributed by atoms with Crippen molar-refractivity contribution in [3.05, 3.63) is 95.6 Å². The van der Waals surface area contributed by atoms with E-state index in [2.05, 4.69) is 78.1 Å². The highest BCUT2D eigenvalue weighted by Gasteiger charge is 2.37. The van der Waals surface area contributed by atoms with Crippen molar-refractivity contribution in [3.63, 3.8) is 0 Å². The lowest BCUT2D eigenvalue weighted by atomic mass is 9.91. The first-order chi connectivity index (χ1) is 17.8. The minimum Gasteiger partial charge on any atom is -0.489 e. The zero-order valence-electron chi connectivity index (χ0n) is 19.8. The van der Waals surface area contributed by atoms with Gasteiger partial charge in [-0.3, -0.25) is 0 Å². The number of aromatic nitrogens is 1. The molecule has 0 saturated carbocycles. The van der Waals surface area contributed by atoms with Crippen LogP contribution in [-0.4, -0.2) is 17.3 Å². The number of fused-ring (bicyclic) bond motifs is 7. The number of hydrogen-bond donors (Lipinski definition) is 1. The Morgan fingerprint density at radius 3 is 2.42 bits per heavy atom. The van der Waals surface area contributed by atoms with Crippen molar-refractivity contribution in [2.75, 3.05) is 12.4 Å². The summed E-state index contributed by atoms with van der Waals surface area (Å²) in [6, 6.07) is 28.6. The topological polar surface area (TPSA) is 43.4 Å². The van der Waals surface area contributed by atoms with Crippen LogP contribution in [0.4, 0.5) is 0 Å². The van der Waals surface area contributed by atoms with Crippen LogP contribution in [0.1, 0.15) is 41.6 Å². The Balaban J connectivity index is 1.07. The highest BCUT2D eigenvalue weighted by molar-refractivity contribution is 8.01. The van der Waals surface area contributed by atoms with Crippen LogP contribution in [0.3, 0.4) is 0 Å². The number of nitrogens with one attached hydrogen (secondary N) is 1. The first-order valence-electron chi connectivity index (χ1n) is 12.5. The Kier molecular flexibility index (Phi) is 5.81. The summed E-state index contributed by atoms with van der Waals surface area (Å²) in [5.41, 5.74) is 4.97. The smallest absolute Gasteiger partial charge is 0.162 e. The van der Waals surface area contributed by atoms with Gasteiger partial charge in [-0.05, 0) is 70.6 Å². The second kappa shape index (κ2) is 9.43. The molecule has 0 aliphatic carbocycles. The van der Waals surface area contributed by atoms with Crippen LogP contribution in [0.2, 0.25) is 0 Å². The van der Waals surface area contributed by atoms with E-state index in [9.17, 15) is 0 Å². The number of rotatable bonds is 8. The maximum atomic E-state index is 6.39. The maximum absolute atomic E-state index is 6.39. The van der Waals surface area contributed by atoms with E-state index in [4.69, 9.17) is 14.5 Å². The van der Waals surface area contributed by atoms with E-state index in [0.717, 1.165) is 32.7 Å². The number of benzene rings is 4. The van der Waals surface area contributed by atoms with Gasteiger partial charge in [-0.1, -0.05) is 60.3 Å². The van der Waals surface area contributed by atoms with Gasteiger partial charge in [0.25, 0.3) is 0 Å². The summed E-state index contributed by atoms with van der Waals surface area (Å²) >= 11 is 3.49. The largest absolute Gasteiger partial charge is 0.489 e. The number of thioether (sulfide) groups is 1. The predicted octanol–water partition coefficient (Wildman–Crippen LogP) is 7.68. The summed E-state index contributed by atoms with van der Waals surface area (Å²) in [5, 5.41) is 6.20. The van der Waals surface area contributed by atoms with Crippen molar-refractivity contribution in [1.29, 1.82) is 0 Å². The van der Waals surface area contributed by atoms with Crippen molar-refractivity contribution in [2.24, 2.45) is 0 Å². The van der Waals surface area contributed by atoms with Crippen LogP contribution in [-0.2, 0) is 6.61 Å². The second-order valence-corrected chi connectivity index (χ2v) is 11.8. The highest BCUT2D eigenvalue weighted by Crippen LogP contribution is 2.48. The Morgan fingerprint density at radius 2 is 1.58 bits per heavy atom. The number of ether oxygens (including phenoxy) is 2. The quantitative estimate of drug-likeness (QED) is 0.171. The Bertz CT molecular complexity index is 1530. The molecular formula is C30H26N2O2S2. The van der Waals surface area contributed by atoms with E-state index >= 15 is 0 Å². The third-order valence-electron chi connectivity index (χ3n) is 7.10. The fourth-order valence-corrected chi connectivity index (χ4v) is 7.29. The van der Waals surface area contributed by atoms with Crippen LogP contribution in [0.25, 0.3) is 21.0 Å². The molecule has 2 aliphatic heterocycles. The minimum atomic E-state index is 0.441. The average Bonchev–Trinajstić information content (AvgIpc) is 3.64. The van der Waals surface area contributed by atoms with Gasteiger partial charge >= 0.3 is 0 Å². The van der Waals surface area contributed by atoms with Crippen LogP contribution in [0.5, 0.6) is 11.5 Å². The van der Waals surface area contributed by atoms with Gasteiger partial charge in [0.05, 0.1) is 16.8 Å². The SMILES string of the molecule is c1ccc2cc(COc3cc4c(cc3OCCSc3nc5ccccc5s3)[C@@H]3CC[C@H]4N3)ccc2c1. The fourth-order valence-electron chi connectivity index (χ4n) is 5.34. The molecule has 5 aromatic rings. The normalized spacial score (nSPS) is 18.1. The summed E-state index contributed by atoms with van der Waals surface area (Å²) in [6.07, 6.45) is 2.39. The molecule has 2 aliphatic rings. The lowest BCUT2D eigenvalue weighted by Gasteiger charge is -2.19. The van der Waals surface area contributed by atoms with Crippen LogP contribution < -0.4 is 14.8 Å². The van der Waals surface area contributed by atoms with Crippen molar-refractivity contribution < 1.29 is 9.47 Å². The second-order valence-electron chi connectivity index (χ2n) is 9.39. The number of hydrogen-bond acceptors (Lipinski definition) is 6. The summed E-state index contributed by atoms with van der Waals surface area (Å²) < 4.78 is 15.0. The Hall–Kier alpha value is -3.06. The van der Waals surface area contributed by atoms with Gasteiger partial charge < -0.3 is 14.8 Å². The molecular weight excluding hydrogens is 484 g/mol. The third-order valence-corrected chi connectivity index (χ3v) is 9.24. The van der Waals surface area contributed by atoms with Crippen LogP contribution in [0, 0.1) is 0 Å². The fraction of sp³-hybridized carbons (Fsp3) is 0.233. The molecule has 4 aromatic carbocycles. The van der Waals surface area contributed by atoms with E-state index in [1.165, 1.54) is 39.4 Å². The van der Waals surface area contributed by atoms with Gasteiger partial charge in [-0.15, -0.1) is 11.3 Å². The van der Waals surface area contributed by atoms with Crippen molar-refractivity contribution in [3.8, 4) is 11.5 Å². The molecule has 1 fully saturated rings. The zero-order chi connectivity index (χ0) is 23.9. The number of thiazole rings is 1. The van der Waals surface area contributed by atoms with Crippen LogP contribution >= 0.6 is 23.1 Å². The molecule has 2 atom stereocenters. The van der Waals surface area contributed by atoms with E-state index in [1.54, 1.807) is 23.1 Å². The first-order valence-corrected chi connectivity index (χ1v) is 14.3. The van der Waals surface area contributed by atoms with Crippen molar-refractivity contribution >= 4 is 44.1 Å². The van der Waals surface area contributed by atoms with Crippen molar-refractivity contribution in [2.45, 2.75) is 35.9 Å². The number of para-hydroxylation sites is 1. The minimum absolute atomic E-state index is 0.441. The van der Waals surface area contributed by atoms with Gasteiger partial charge in [-0.2, -0.15) is 0 Å². The molecule has 3 heterocycles. The molecule has 0 radical (unpaired) electrons. The van der Waals surface area contributed by atoms with Crippen molar-refractivity contribution in [1.82, 2.24) is 10.3 Å². The summed E-state index contributed by atoms with van der Waals surface area (Å²) in [4.78, 5) is 4.73. The first kappa shape index (κ1) is 22.2. The molecule has 36 heavy (non-hydrogen) atoms. The predicted molar refractivity (Wildman–Crippen MR) is 148 cm³/mol. The molecule has 0 amide bonds. The monoisotopic (exact) mass is 510 g/mol. The maximum Gasteiger partial charge on any atom is 0.162 e. The van der Waals surface area contributed by atoms with Crippen LogP contribution in [0.15, 0.2) is 83.2 Å². The van der Waals surface area contributed by atoms with Gasteiger partial charge in [0.1, 0.15) is 6.61 Å². The highest BCUT2D eigenvalue weighted by atomic mass is 32.2. The lowest BCUT2D eigenvalue weighted by Crippen LogP contribution is -2.06. The Morgan fingerprint density at radius 1 is 0.833 bits per heavy atom. The summed E-state index contributed by atoms with van der Waals surface area (Å²) in [7, 11) is 0. The van der Waals surface area contributed by atoms with E-state index in [0.29, 0.717) is 25.3 Å². The molecule has 7 rings (SSSR count). The summed E-state index contributed by atoms with van der Waals surface area (Å²) in [6.45, 7) is 1.12. The van der Waals surface area contributed by atoms with E-state index in [1.807, 2.05) is 6.07 Å². The molecule has 1 saturated heterocycles. The molecule has 6 heteroatoms. The molecule has 0 unspecified atom stereocenters. The number of nitrogens with zero attached hydrogens (tertiary/aromatic N) is 1. The third kappa shape index (κ3) is 4.23. The zero-order valence-corrected chi connectivity index (χ0v) is 21.4. The molecule has 0 spiro atoms. The van der Waals surface area contributed by atoms with Gasteiger partial charge in [-0.25, -0.2) is 4.98 Å². The Labute approximate surface area is 218 Å². The van der Waals surface area contributed by atoms with E-state index < -0.39 is 0 Å². The molecule has 180 valence electrons. The summed E-state index contributed by atoms with van der Waals surface area (Å²) in [5.74, 6) is 2.51. The lowest BCUT2D eigenvalue weighted by molar-refractivity contribution is 0.270. The van der Waals surface area contributed by atoms with Gasteiger partial charge in [0.15, 0.2) is 15.8 Å². The van der Waals surface area contributed by atoms with Gasteiger partial charge in [0.2, 0.25) is 0 Å².